The zero-order valence-electron chi connectivity index (χ0n) is 32.8. The van der Waals surface area contributed by atoms with Crippen molar-refractivity contribution in [3.8, 4) is 78.4 Å². The fraction of sp³-hybridized carbons (Fsp3) is 0. The summed E-state index contributed by atoms with van der Waals surface area (Å²) in [6, 6.07) is 82.4. The number of fused-ring (bicyclic) bond motifs is 4. The van der Waals surface area contributed by atoms with Crippen molar-refractivity contribution in [3.63, 3.8) is 0 Å². The molecule has 0 spiro atoms. The van der Waals surface area contributed by atoms with Gasteiger partial charge >= 0.3 is 0 Å². The summed E-state index contributed by atoms with van der Waals surface area (Å²) in [5.41, 5.74) is 14.3. The minimum Gasteiger partial charge on any atom is -0.228 e. The predicted octanol–water partition coefficient (Wildman–Crippen LogP) is 15.6. The Morgan fingerprint density at radius 1 is 0.233 bits per heavy atom. The molecule has 2 heteroatoms. The Bertz CT molecular complexity index is 3320. The molecule has 0 bridgehead atoms. The third kappa shape index (κ3) is 6.51. The smallest absolute Gasteiger partial charge is 0.160 e. The topological polar surface area (TPSA) is 25.8 Å². The van der Waals surface area contributed by atoms with Crippen molar-refractivity contribution in [2.24, 2.45) is 0 Å². The molecule has 0 amide bonds. The van der Waals surface area contributed by atoms with Crippen LogP contribution in [0.2, 0.25) is 0 Å². The summed E-state index contributed by atoms with van der Waals surface area (Å²) < 4.78 is 0. The van der Waals surface area contributed by atoms with Gasteiger partial charge in [0.25, 0.3) is 0 Å². The monoisotopic (exact) mass is 762 g/mol. The van der Waals surface area contributed by atoms with E-state index in [1.807, 2.05) is 18.2 Å². The van der Waals surface area contributed by atoms with Crippen molar-refractivity contribution in [3.05, 3.63) is 231 Å². The first-order chi connectivity index (χ1) is 29.7. The summed E-state index contributed by atoms with van der Waals surface area (Å²) in [7, 11) is 0. The number of nitrogens with zero attached hydrogens (tertiary/aromatic N) is 2. The maximum Gasteiger partial charge on any atom is 0.160 e. The fourth-order valence-corrected chi connectivity index (χ4v) is 8.68. The first-order valence-corrected chi connectivity index (χ1v) is 20.5. The van der Waals surface area contributed by atoms with Crippen LogP contribution in [0.1, 0.15) is 0 Å². The maximum absolute atomic E-state index is 5.23. The molecule has 11 aromatic rings. The van der Waals surface area contributed by atoms with Crippen molar-refractivity contribution in [2.45, 2.75) is 0 Å². The zero-order valence-corrected chi connectivity index (χ0v) is 32.8. The molecule has 280 valence electrons. The van der Waals surface area contributed by atoms with Gasteiger partial charge in [-0.25, -0.2) is 9.97 Å². The maximum atomic E-state index is 5.23. The van der Waals surface area contributed by atoms with Crippen LogP contribution in [0.5, 0.6) is 0 Å². The van der Waals surface area contributed by atoms with Crippen LogP contribution < -0.4 is 0 Å². The summed E-state index contributed by atoms with van der Waals surface area (Å²) >= 11 is 0. The molecular weight excluding hydrogens is 725 g/mol. The van der Waals surface area contributed by atoms with Crippen molar-refractivity contribution in [1.82, 2.24) is 9.97 Å². The first-order valence-electron chi connectivity index (χ1n) is 20.5. The molecular formula is C58H38N2. The standard InChI is InChI=1S/C58H38N2/c1-4-14-39(15-5-1)47-33-34-51(53(36-47)42-16-6-2-7-17-42)56-38-55(59-58(60-56)46-19-8-3-9-20-46)44-28-24-40(25-29-44)41-26-30-45(31-27-41)57-50-23-13-11-21-48(50)37-54-49-22-12-10-18-43(49)32-35-52(54)57/h1-38H. The SMILES string of the molecule is c1ccc(-c2ccc(-c3cc(-c4ccc(-c5ccc(-c6c7ccccc7cc7c6ccc6ccccc67)cc5)cc4)nc(-c4ccccc4)n3)c(-c3ccccc3)c2)cc1. The fourth-order valence-electron chi connectivity index (χ4n) is 8.68. The van der Waals surface area contributed by atoms with Crippen LogP contribution in [-0.2, 0) is 0 Å². The molecule has 1 aromatic heterocycles. The highest BCUT2D eigenvalue weighted by Crippen LogP contribution is 2.41. The van der Waals surface area contributed by atoms with Gasteiger partial charge in [-0.2, -0.15) is 0 Å². The summed E-state index contributed by atoms with van der Waals surface area (Å²) in [4.78, 5) is 10.4. The molecule has 11 rings (SSSR count). The normalized spacial score (nSPS) is 11.3. The van der Waals surface area contributed by atoms with E-state index in [2.05, 4.69) is 212 Å². The van der Waals surface area contributed by atoms with Gasteiger partial charge in [-0.15, -0.1) is 0 Å². The van der Waals surface area contributed by atoms with Crippen LogP contribution in [-0.4, -0.2) is 9.97 Å². The zero-order chi connectivity index (χ0) is 39.8. The Morgan fingerprint density at radius 2 is 0.750 bits per heavy atom. The summed E-state index contributed by atoms with van der Waals surface area (Å²) in [5, 5.41) is 7.60. The molecule has 0 saturated carbocycles. The number of hydrogen-bond donors (Lipinski definition) is 0. The average Bonchev–Trinajstić information content (AvgIpc) is 3.34. The van der Waals surface area contributed by atoms with Crippen molar-refractivity contribution in [2.75, 3.05) is 0 Å². The number of aromatic nitrogens is 2. The van der Waals surface area contributed by atoms with Crippen molar-refractivity contribution >= 4 is 32.3 Å². The summed E-state index contributed by atoms with van der Waals surface area (Å²) in [5.74, 6) is 0.697. The van der Waals surface area contributed by atoms with Gasteiger partial charge < -0.3 is 0 Å². The molecule has 0 aliphatic carbocycles. The third-order valence-corrected chi connectivity index (χ3v) is 11.7. The van der Waals surface area contributed by atoms with Gasteiger partial charge in [-0.05, 0) is 95.0 Å². The molecule has 0 fully saturated rings. The number of hydrogen-bond acceptors (Lipinski definition) is 2. The Hall–Kier alpha value is -7.94. The van der Waals surface area contributed by atoms with E-state index in [0.29, 0.717) is 5.82 Å². The van der Waals surface area contributed by atoms with Crippen molar-refractivity contribution in [1.29, 1.82) is 0 Å². The Kier molecular flexibility index (Phi) is 8.87. The summed E-state index contributed by atoms with van der Waals surface area (Å²) in [6.45, 7) is 0. The molecule has 10 aromatic carbocycles. The lowest BCUT2D eigenvalue weighted by Gasteiger charge is -2.15. The second kappa shape index (κ2) is 15.1. The Morgan fingerprint density at radius 3 is 1.45 bits per heavy atom. The van der Waals surface area contributed by atoms with E-state index in [9.17, 15) is 0 Å². The molecule has 0 saturated heterocycles. The molecule has 60 heavy (non-hydrogen) atoms. The van der Waals surface area contributed by atoms with E-state index in [4.69, 9.17) is 9.97 Å². The second-order valence-electron chi connectivity index (χ2n) is 15.3. The largest absolute Gasteiger partial charge is 0.228 e. The van der Waals surface area contributed by atoms with E-state index in [1.54, 1.807) is 0 Å². The highest BCUT2D eigenvalue weighted by atomic mass is 14.9. The number of rotatable bonds is 7. The highest BCUT2D eigenvalue weighted by Gasteiger charge is 2.17. The minimum atomic E-state index is 0.697. The first kappa shape index (κ1) is 35.2. The van der Waals surface area contributed by atoms with Gasteiger partial charge in [0.1, 0.15) is 0 Å². The molecule has 2 nitrogen and oxygen atoms in total. The lowest BCUT2D eigenvalue weighted by Crippen LogP contribution is -1.97. The number of benzene rings is 10. The molecule has 0 unspecified atom stereocenters. The van der Waals surface area contributed by atoms with Crippen LogP contribution in [0, 0.1) is 0 Å². The molecule has 0 N–H and O–H groups in total. The molecule has 0 aliphatic rings. The van der Waals surface area contributed by atoms with Gasteiger partial charge in [0.2, 0.25) is 0 Å². The minimum absolute atomic E-state index is 0.697. The van der Waals surface area contributed by atoms with Gasteiger partial charge in [0, 0.05) is 16.7 Å². The molecule has 0 aliphatic heterocycles. The Balaban J connectivity index is 0.980. The molecule has 1 heterocycles. The van der Waals surface area contributed by atoms with E-state index < -0.39 is 0 Å². The van der Waals surface area contributed by atoms with Gasteiger partial charge in [-0.3, -0.25) is 0 Å². The summed E-state index contributed by atoms with van der Waals surface area (Å²) in [6.07, 6.45) is 0. The highest BCUT2D eigenvalue weighted by molar-refractivity contribution is 6.20. The van der Waals surface area contributed by atoms with Gasteiger partial charge in [-0.1, -0.05) is 212 Å². The van der Waals surface area contributed by atoms with Crippen LogP contribution in [0.4, 0.5) is 0 Å². The van der Waals surface area contributed by atoms with E-state index >= 15 is 0 Å². The second-order valence-corrected chi connectivity index (χ2v) is 15.3. The van der Waals surface area contributed by atoms with E-state index in [1.165, 1.54) is 60.1 Å². The van der Waals surface area contributed by atoms with Crippen LogP contribution in [0.15, 0.2) is 231 Å². The lowest BCUT2D eigenvalue weighted by atomic mass is 9.89. The quantitative estimate of drug-likeness (QED) is 0.119. The third-order valence-electron chi connectivity index (χ3n) is 11.7. The van der Waals surface area contributed by atoms with E-state index in [0.717, 1.165) is 44.8 Å². The van der Waals surface area contributed by atoms with Crippen LogP contribution in [0.25, 0.3) is 111 Å². The molecule has 0 radical (unpaired) electrons. The average molecular weight is 763 g/mol. The predicted molar refractivity (Wildman–Crippen MR) is 253 cm³/mol. The molecule has 0 atom stereocenters. The Labute approximate surface area is 349 Å². The lowest BCUT2D eigenvalue weighted by molar-refractivity contribution is 1.18. The van der Waals surface area contributed by atoms with Crippen LogP contribution in [0.3, 0.4) is 0 Å². The van der Waals surface area contributed by atoms with Crippen molar-refractivity contribution < 1.29 is 0 Å². The van der Waals surface area contributed by atoms with Gasteiger partial charge in [0.15, 0.2) is 5.82 Å². The van der Waals surface area contributed by atoms with E-state index in [-0.39, 0.29) is 0 Å². The van der Waals surface area contributed by atoms with Gasteiger partial charge in [0.05, 0.1) is 11.4 Å². The van der Waals surface area contributed by atoms with Crippen LogP contribution >= 0.6 is 0 Å².